The van der Waals surface area contributed by atoms with E-state index in [1.54, 1.807) is 0 Å². The molecule has 90 valence electrons. The van der Waals surface area contributed by atoms with Gasteiger partial charge in [0.15, 0.2) is 0 Å². The number of carbonyl (C=O) groups is 1. The maximum atomic E-state index is 11.0. The summed E-state index contributed by atoms with van der Waals surface area (Å²) in [6, 6.07) is 4.10. The van der Waals surface area contributed by atoms with E-state index in [9.17, 15) is 14.9 Å². The molecular weight excluding hydrogens is 222 g/mol. The summed E-state index contributed by atoms with van der Waals surface area (Å²) in [6.07, 6.45) is 2.30. The van der Waals surface area contributed by atoms with Gasteiger partial charge in [-0.25, -0.2) is 0 Å². The molecule has 1 aromatic carbocycles. The van der Waals surface area contributed by atoms with Gasteiger partial charge < -0.3 is 11.1 Å². The lowest BCUT2D eigenvalue weighted by Gasteiger charge is -2.07. The second kappa shape index (κ2) is 4.40. The molecule has 0 radical (unpaired) electrons. The highest BCUT2D eigenvalue weighted by Crippen LogP contribution is 2.31. The first-order valence-electron chi connectivity index (χ1n) is 5.40. The fourth-order valence-electron chi connectivity index (χ4n) is 1.57. The zero-order valence-electron chi connectivity index (χ0n) is 9.18. The van der Waals surface area contributed by atoms with Crippen molar-refractivity contribution in [2.45, 2.75) is 12.8 Å². The van der Waals surface area contributed by atoms with Crippen LogP contribution in [0.15, 0.2) is 18.2 Å². The van der Waals surface area contributed by atoms with Crippen LogP contribution in [0.5, 0.6) is 0 Å². The van der Waals surface area contributed by atoms with Gasteiger partial charge in [-0.15, -0.1) is 0 Å². The number of rotatable bonds is 5. The smallest absolute Gasteiger partial charge is 0.292 e. The van der Waals surface area contributed by atoms with Crippen LogP contribution < -0.4 is 11.1 Å². The highest BCUT2D eigenvalue weighted by atomic mass is 16.6. The highest BCUT2D eigenvalue weighted by molar-refractivity contribution is 5.94. The Morgan fingerprint density at radius 2 is 2.24 bits per heavy atom. The molecule has 17 heavy (non-hydrogen) atoms. The molecule has 0 heterocycles. The largest absolute Gasteiger partial charge is 0.379 e. The van der Waals surface area contributed by atoms with Gasteiger partial charge >= 0.3 is 0 Å². The molecule has 3 N–H and O–H groups in total. The van der Waals surface area contributed by atoms with Gasteiger partial charge in [-0.3, -0.25) is 14.9 Å². The number of amides is 1. The first kappa shape index (κ1) is 11.4. The van der Waals surface area contributed by atoms with E-state index in [4.69, 9.17) is 5.73 Å². The summed E-state index contributed by atoms with van der Waals surface area (Å²) >= 11 is 0. The predicted octanol–water partition coefficient (Wildman–Crippen LogP) is 1.52. The second-order valence-corrected chi connectivity index (χ2v) is 4.18. The molecule has 0 aliphatic heterocycles. The number of carbonyl (C=O) groups excluding carboxylic acids is 1. The second-order valence-electron chi connectivity index (χ2n) is 4.18. The summed E-state index contributed by atoms with van der Waals surface area (Å²) in [7, 11) is 0. The van der Waals surface area contributed by atoms with Gasteiger partial charge in [0.1, 0.15) is 5.69 Å². The fourth-order valence-corrected chi connectivity index (χ4v) is 1.57. The molecule has 1 aliphatic carbocycles. The van der Waals surface area contributed by atoms with Crippen molar-refractivity contribution < 1.29 is 9.72 Å². The SMILES string of the molecule is NC(=O)c1ccc([N+](=O)[O-])c(NCC2CC2)c1. The number of benzene rings is 1. The normalized spacial score (nSPS) is 14.4. The third-order valence-electron chi connectivity index (χ3n) is 2.76. The molecule has 1 amide bonds. The number of nitrogens with two attached hydrogens (primary N) is 1. The molecule has 6 nitrogen and oxygen atoms in total. The van der Waals surface area contributed by atoms with Crippen molar-refractivity contribution in [3.63, 3.8) is 0 Å². The quantitative estimate of drug-likeness (QED) is 0.597. The van der Waals surface area contributed by atoms with Crippen molar-refractivity contribution in [1.29, 1.82) is 0 Å². The summed E-state index contributed by atoms with van der Waals surface area (Å²) in [6.45, 7) is 0.697. The summed E-state index contributed by atoms with van der Waals surface area (Å²) in [4.78, 5) is 21.3. The Bertz CT molecular complexity index is 469. The van der Waals surface area contributed by atoms with E-state index >= 15 is 0 Å². The first-order valence-corrected chi connectivity index (χ1v) is 5.40. The minimum absolute atomic E-state index is 0.0318. The minimum atomic E-state index is -0.589. The number of hydrogen-bond donors (Lipinski definition) is 2. The van der Waals surface area contributed by atoms with Crippen LogP contribution in [0.2, 0.25) is 0 Å². The van der Waals surface area contributed by atoms with Crippen LogP contribution in [0.4, 0.5) is 11.4 Å². The Hall–Kier alpha value is -2.11. The highest BCUT2D eigenvalue weighted by Gasteiger charge is 2.23. The van der Waals surface area contributed by atoms with Crippen LogP contribution in [0.1, 0.15) is 23.2 Å². The molecule has 0 spiro atoms. The van der Waals surface area contributed by atoms with E-state index in [2.05, 4.69) is 5.32 Å². The number of anilines is 1. The van der Waals surface area contributed by atoms with Crippen molar-refractivity contribution in [2.75, 3.05) is 11.9 Å². The van der Waals surface area contributed by atoms with Gasteiger partial charge in [0.05, 0.1) is 4.92 Å². The van der Waals surface area contributed by atoms with Gasteiger partial charge in [0.2, 0.25) is 5.91 Å². The first-order chi connectivity index (χ1) is 8.08. The number of nitrogens with one attached hydrogen (secondary N) is 1. The number of primary amides is 1. The minimum Gasteiger partial charge on any atom is -0.379 e. The van der Waals surface area contributed by atoms with Gasteiger partial charge in [-0.1, -0.05) is 0 Å². The zero-order chi connectivity index (χ0) is 12.4. The van der Waals surface area contributed by atoms with Gasteiger partial charge in [-0.05, 0) is 30.9 Å². The van der Waals surface area contributed by atoms with Crippen molar-refractivity contribution in [1.82, 2.24) is 0 Å². The number of nitro benzene ring substituents is 1. The predicted molar refractivity (Wildman–Crippen MR) is 62.8 cm³/mol. The monoisotopic (exact) mass is 235 g/mol. The standard InChI is InChI=1S/C11H13N3O3/c12-11(15)8-3-4-10(14(16)17)9(5-8)13-6-7-1-2-7/h3-5,7,13H,1-2,6H2,(H2,12,15). The molecule has 1 aromatic rings. The summed E-state index contributed by atoms with van der Waals surface area (Å²) in [5.41, 5.74) is 5.74. The average Bonchev–Trinajstić information content (AvgIpc) is 3.09. The molecule has 1 aliphatic rings. The molecule has 0 unspecified atom stereocenters. The lowest BCUT2D eigenvalue weighted by Crippen LogP contribution is -2.12. The van der Waals surface area contributed by atoms with Crippen molar-refractivity contribution >= 4 is 17.3 Å². The average molecular weight is 235 g/mol. The van der Waals surface area contributed by atoms with E-state index in [0.29, 0.717) is 18.2 Å². The maximum absolute atomic E-state index is 11.0. The molecule has 6 heteroatoms. The van der Waals surface area contributed by atoms with Crippen LogP contribution in [0.3, 0.4) is 0 Å². The van der Waals surface area contributed by atoms with E-state index < -0.39 is 10.8 Å². The van der Waals surface area contributed by atoms with E-state index in [0.717, 1.165) is 12.8 Å². The Morgan fingerprint density at radius 3 is 2.76 bits per heavy atom. The molecule has 1 saturated carbocycles. The van der Waals surface area contributed by atoms with E-state index in [1.807, 2.05) is 0 Å². The molecule has 0 atom stereocenters. The maximum Gasteiger partial charge on any atom is 0.292 e. The topological polar surface area (TPSA) is 98.3 Å². The van der Waals surface area contributed by atoms with Crippen molar-refractivity contribution in [3.05, 3.63) is 33.9 Å². The van der Waals surface area contributed by atoms with Crippen LogP contribution in [-0.4, -0.2) is 17.4 Å². The molecule has 2 rings (SSSR count). The van der Waals surface area contributed by atoms with Crippen LogP contribution in [0.25, 0.3) is 0 Å². The van der Waals surface area contributed by atoms with Crippen LogP contribution in [0, 0.1) is 16.0 Å². The van der Waals surface area contributed by atoms with Crippen molar-refractivity contribution in [2.24, 2.45) is 11.7 Å². The lowest BCUT2D eigenvalue weighted by molar-refractivity contribution is -0.384. The van der Waals surface area contributed by atoms with E-state index in [1.165, 1.54) is 18.2 Å². The van der Waals surface area contributed by atoms with E-state index in [-0.39, 0.29) is 11.3 Å². The number of nitro groups is 1. The van der Waals surface area contributed by atoms with Crippen LogP contribution >= 0.6 is 0 Å². The fraction of sp³-hybridized carbons (Fsp3) is 0.364. The third-order valence-corrected chi connectivity index (χ3v) is 2.76. The molecule has 0 saturated heterocycles. The van der Waals surface area contributed by atoms with Gasteiger partial charge in [0.25, 0.3) is 5.69 Å². The van der Waals surface area contributed by atoms with Crippen LogP contribution in [-0.2, 0) is 0 Å². The third kappa shape index (κ3) is 2.72. The molecule has 1 fully saturated rings. The molecular formula is C11H13N3O3. The lowest BCUT2D eigenvalue weighted by atomic mass is 10.1. The van der Waals surface area contributed by atoms with Gasteiger partial charge in [-0.2, -0.15) is 0 Å². The summed E-state index contributed by atoms with van der Waals surface area (Å²) in [5, 5.41) is 13.8. The van der Waals surface area contributed by atoms with Crippen molar-refractivity contribution in [3.8, 4) is 0 Å². The Morgan fingerprint density at radius 1 is 1.53 bits per heavy atom. The Balaban J connectivity index is 2.24. The number of nitrogens with zero attached hydrogens (tertiary/aromatic N) is 1. The number of hydrogen-bond acceptors (Lipinski definition) is 4. The molecule has 0 bridgehead atoms. The summed E-state index contributed by atoms with van der Waals surface area (Å²) in [5.74, 6) is 0.00112. The Labute approximate surface area is 98.0 Å². The molecule has 0 aromatic heterocycles. The Kier molecular flexibility index (Phi) is 2.95. The summed E-state index contributed by atoms with van der Waals surface area (Å²) < 4.78 is 0. The zero-order valence-corrected chi connectivity index (χ0v) is 9.18. The van der Waals surface area contributed by atoms with Gasteiger partial charge in [0, 0.05) is 18.2 Å².